The van der Waals surface area contributed by atoms with Gasteiger partial charge < -0.3 is 4.74 Å². The molecule has 0 N–H and O–H groups in total. The third-order valence-electron chi connectivity index (χ3n) is 2.65. The van der Waals surface area contributed by atoms with Gasteiger partial charge in [0, 0.05) is 21.9 Å². The molecular formula is C14H8Cl2N2O. The molecule has 0 unspecified atom stereocenters. The first-order valence-electron chi connectivity index (χ1n) is 5.58. The molecule has 94 valence electrons. The summed E-state index contributed by atoms with van der Waals surface area (Å²) in [6.45, 7) is 0. The number of aromatic nitrogens is 2. The summed E-state index contributed by atoms with van der Waals surface area (Å²) in [4.78, 5) is 0. The third-order valence-corrected chi connectivity index (χ3v) is 3.18. The number of fused-ring (bicyclic) bond motifs is 1. The first kappa shape index (κ1) is 12.2. The van der Waals surface area contributed by atoms with Crippen LogP contribution in [-0.4, -0.2) is 10.2 Å². The molecule has 0 atom stereocenters. The zero-order chi connectivity index (χ0) is 13.2. The van der Waals surface area contributed by atoms with Gasteiger partial charge in [0.2, 0.25) is 5.88 Å². The van der Waals surface area contributed by atoms with Crippen molar-refractivity contribution >= 4 is 34.0 Å². The van der Waals surface area contributed by atoms with Crippen LogP contribution in [0.15, 0.2) is 48.5 Å². The molecule has 1 aromatic heterocycles. The van der Waals surface area contributed by atoms with Crippen molar-refractivity contribution in [3.63, 3.8) is 0 Å². The van der Waals surface area contributed by atoms with E-state index in [1.165, 1.54) is 0 Å². The molecule has 3 nitrogen and oxygen atoms in total. The smallest absolute Gasteiger partial charge is 0.238 e. The second kappa shape index (κ2) is 5.03. The van der Waals surface area contributed by atoms with E-state index in [1.807, 2.05) is 24.3 Å². The van der Waals surface area contributed by atoms with Crippen molar-refractivity contribution in [3.05, 3.63) is 58.7 Å². The van der Waals surface area contributed by atoms with Crippen molar-refractivity contribution in [2.45, 2.75) is 0 Å². The Balaban J connectivity index is 2.06. The van der Waals surface area contributed by atoms with E-state index in [9.17, 15) is 0 Å². The van der Waals surface area contributed by atoms with Crippen LogP contribution in [0.1, 0.15) is 0 Å². The van der Waals surface area contributed by atoms with E-state index in [2.05, 4.69) is 10.2 Å². The fourth-order valence-corrected chi connectivity index (χ4v) is 2.12. The Hall–Kier alpha value is -1.84. The van der Waals surface area contributed by atoms with Crippen LogP contribution >= 0.6 is 23.2 Å². The highest BCUT2D eigenvalue weighted by Gasteiger charge is 2.07. The van der Waals surface area contributed by atoms with Gasteiger partial charge in [-0.3, -0.25) is 0 Å². The van der Waals surface area contributed by atoms with Crippen LogP contribution in [-0.2, 0) is 0 Å². The average molecular weight is 291 g/mol. The maximum Gasteiger partial charge on any atom is 0.238 e. The molecule has 0 spiro atoms. The molecule has 0 aliphatic carbocycles. The Kier molecular flexibility index (Phi) is 3.23. The molecular weight excluding hydrogens is 283 g/mol. The third kappa shape index (κ3) is 2.48. The summed E-state index contributed by atoms with van der Waals surface area (Å²) in [6.07, 6.45) is 0. The van der Waals surface area contributed by atoms with E-state index >= 15 is 0 Å². The SMILES string of the molecule is Clc1ccc(Oc2ccc(Cl)c3ccccc23)nn1. The van der Waals surface area contributed by atoms with Crippen molar-refractivity contribution in [1.29, 1.82) is 0 Å². The van der Waals surface area contributed by atoms with Gasteiger partial charge >= 0.3 is 0 Å². The zero-order valence-electron chi connectivity index (χ0n) is 9.68. The largest absolute Gasteiger partial charge is 0.437 e. The van der Waals surface area contributed by atoms with Crippen LogP contribution in [0.4, 0.5) is 0 Å². The first-order chi connectivity index (χ1) is 9.24. The van der Waals surface area contributed by atoms with Gasteiger partial charge in [0.05, 0.1) is 0 Å². The van der Waals surface area contributed by atoms with Gasteiger partial charge in [-0.25, -0.2) is 0 Å². The number of rotatable bonds is 2. The molecule has 3 aromatic rings. The fraction of sp³-hybridized carbons (Fsp3) is 0. The Morgan fingerprint density at radius 1 is 0.789 bits per heavy atom. The summed E-state index contributed by atoms with van der Waals surface area (Å²) in [7, 11) is 0. The van der Waals surface area contributed by atoms with Crippen molar-refractivity contribution in [3.8, 4) is 11.6 Å². The molecule has 0 aliphatic rings. The number of hydrogen-bond donors (Lipinski definition) is 0. The fourth-order valence-electron chi connectivity index (χ4n) is 1.79. The maximum absolute atomic E-state index is 6.15. The van der Waals surface area contributed by atoms with Gasteiger partial charge in [-0.05, 0) is 18.2 Å². The molecule has 0 radical (unpaired) electrons. The normalized spacial score (nSPS) is 10.6. The van der Waals surface area contributed by atoms with E-state index in [0.29, 0.717) is 21.8 Å². The van der Waals surface area contributed by atoms with Gasteiger partial charge in [0.1, 0.15) is 5.75 Å². The Labute approximate surface area is 119 Å². The highest BCUT2D eigenvalue weighted by atomic mass is 35.5. The van der Waals surface area contributed by atoms with E-state index in [0.717, 1.165) is 10.8 Å². The van der Waals surface area contributed by atoms with Gasteiger partial charge in [0.15, 0.2) is 5.15 Å². The van der Waals surface area contributed by atoms with Crippen LogP contribution < -0.4 is 4.74 Å². The highest BCUT2D eigenvalue weighted by molar-refractivity contribution is 6.35. The van der Waals surface area contributed by atoms with Crippen LogP contribution in [0, 0.1) is 0 Å². The zero-order valence-corrected chi connectivity index (χ0v) is 11.2. The number of nitrogens with zero attached hydrogens (tertiary/aromatic N) is 2. The minimum atomic E-state index is 0.327. The summed E-state index contributed by atoms with van der Waals surface area (Å²) in [5, 5.41) is 10.5. The summed E-state index contributed by atoms with van der Waals surface area (Å²) < 4.78 is 5.71. The predicted molar refractivity (Wildman–Crippen MR) is 76.1 cm³/mol. The molecule has 5 heteroatoms. The summed E-state index contributed by atoms with van der Waals surface area (Å²) in [5.74, 6) is 1.06. The maximum atomic E-state index is 6.15. The van der Waals surface area contributed by atoms with Crippen LogP contribution in [0.2, 0.25) is 10.2 Å². The number of hydrogen-bond acceptors (Lipinski definition) is 3. The lowest BCUT2D eigenvalue weighted by Crippen LogP contribution is -1.91. The second-order valence-corrected chi connectivity index (χ2v) is 4.68. The molecule has 0 saturated carbocycles. The monoisotopic (exact) mass is 290 g/mol. The van der Waals surface area contributed by atoms with Gasteiger partial charge in [-0.1, -0.05) is 47.5 Å². The molecule has 0 fully saturated rings. The standard InChI is InChI=1S/C14H8Cl2N2O/c15-11-5-6-12(10-4-2-1-3-9(10)11)19-14-8-7-13(16)17-18-14/h1-8H. The molecule has 0 saturated heterocycles. The highest BCUT2D eigenvalue weighted by Crippen LogP contribution is 2.33. The average Bonchev–Trinajstić information content (AvgIpc) is 2.45. The number of halogens is 2. The summed E-state index contributed by atoms with van der Waals surface area (Å²) in [6, 6.07) is 14.6. The van der Waals surface area contributed by atoms with Crippen LogP contribution in [0.3, 0.4) is 0 Å². The Bertz CT molecular complexity index is 729. The van der Waals surface area contributed by atoms with E-state index in [-0.39, 0.29) is 0 Å². The minimum absolute atomic E-state index is 0.327. The van der Waals surface area contributed by atoms with Gasteiger partial charge in [-0.15, -0.1) is 10.2 Å². The lowest BCUT2D eigenvalue weighted by atomic mass is 10.1. The van der Waals surface area contributed by atoms with Gasteiger partial charge in [-0.2, -0.15) is 0 Å². The Morgan fingerprint density at radius 3 is 2.32 bits per heavy atom. The lowest BCUT2D eigenvalue weighted by molar-refractivity contribution is 0.460. The molecule has 3 rings (SSSR count). The lowest BCUT2D eigenvalue weighted by Gasteiger charge is -2.08. The topological polar surface area (TPSA) is 35.0 Å². The van der Waals surface area contributed by atoms with Crippen molar-refractivity contribution in [2.75, 3.05) is 0 Å². The van der Waals surface area contributed by atoms with Crippen LogP contribution in [0.25, 0.3) is 10.8 Å². The van der Waals surface area contributed by atoms with E-state index in [1.54, 1.807) is 24.3 Å². The number of ether oxygens (including phenoxy) is 1. The molecule has 0 aliphatic heterocycles. The molecule has 0 amide bonds. The molecule has 19 heavy (non-hydrogen) atoms. The minimum Gasteiger partial charge on any atom is -0.437 e. The Morgan fingerprint density at radius 2 is 1.58 bits per heavy atom. The summed E-state index contributed by atoms with van der Waals surface area (Å²) >= 11 is 11.8. The van der Waals surface area contributed by atoms with Crippen molar-refractivity contribution in [2.24, 2.45) is 0 Å². The molecule has 1 heterocycles. The van der Waals surface area contributed by atoms with E-state index < -0.39 is 0 Å². The second-order valence-electron chi connectivity index (χ2n) is 3.89. The first-order valence-corrected chi connectivity index (χ1v) is 6.34. The number of benzene rings is 2. The molecule has 2 aromatic carbocycles. The quantitative estimate of drug-likeness (QED) is 0.684. The predicted octanol–water partition coefficient (Wildman–Crippen LogP) is 4.73. The van der Waals surface area contributed by atoms with Crippen molar-refractivity contribution in [1.82, 2.24) is 10.2 Å². The molecule has 0 bridgehead atoms. The van der Waals surface area contributed by atoms with Crippen LogP contribution in [0.5, 0.6) is 11.6 Å². The van der Waals surface area contributed by atoms with E-state index in [4.69, 9.17) is 27.9 Å². The summed E-state index contributed by atoms with van der Waals surface area (Å²) in [5.41, 5.74) is 0. The van der Waals surface area contributed by atoms with Crippen molar-refractivity contribution < 1.29 is 4.74 Å². The van der Waals surface area contributed by atoms with Gasteiger partial charge in [0.25, 0.3) is 0 Å².